The maximum atomic E-state index is 14.0. The first kappa shape index (κ1) is 28.9. The molecule has 1 saturated heterocycles. The summed E-state index contributed by atoms with van der Waals surface area (Å²) < 4.78 is 28.4. The molecule has 0 atom stereocenters. The molecule has 5 rings (SSSR count). The first-order valence-electron chi connectivity index (χ1n) is 14.4. The molecule has 218 valence electrons. The monoisotopic (exact) mass is 562 g/mol. The third-order valence-electron chi connectivity index (χ3n) is 8.29. The number of amides is 1. The molecule has 1 aromatic heterocycles. The van der Waals surface area contributed by atoms with Gasteiger partial charge in [-0.1, -0.05) is 6.07 Å². The van der Waals surface area contributed by atoms with Crippen LogP contribution >= 0.6 is 0 Å². The molecule has 8 heteroatoms. The van der Waals surface area contributed by atoms with Gasteiger partial charge in [-0.05, 0) is 101 Å². The molecule has 1 amide bonds. The topological polar surface area (TPSA) is 81.0 Å². The third kappa shape index (κ3) is 6.17. The minimum absolute atomic E-state index is 0.0989. The fraction of sp³-hybridized carbons (Fsp3) is 0.455. The number of benzene rings is 2. The fourth-order valence-electron chi connectivity index (χ4n) is 6.00. The maximum absolute atomic E-state index is 14.0. The van der Waals surface area contributed by atoms with Crippen LogP contribution in [0.1, 0.15) is 69.1 Å². The van der Waals surface area contributed by atoms with Gasteiger partial charge in [0.1, 0.15) is 23.1 Å². The van der Waals surface area contributed by atoms with Crippen LogP contribution in [0.15, 0.2) is 47.4 Å². The molecular formula is C33H39FN2O5. The lowest BCUT2D eigenvalue weighted by molar-refractivity contribution is -0.130. The van der Waals surface area contributed by atoms with Crippen LogP contribution in [-0.2, 0) is 17.4 Å². The van der Waals surface area contributed by atoms with Crippen LogP contribution in [-0.4, -0.2) is 39.2 Å². The normalized spacial score (nSPS) is 19.5. The van der Waals surface area contributed by atoms with Crippen LogP contribution in [0.4, 0.5) is 4.39 Å². The van der Waals surface area contributed by atoms with Crippen LogP contribution in [0, 0.1) is 19.7 Å². The minimum atomic E-state index is -1.12. The Morgan fingerprint density at radius 2 is 1.63 bits per heavy atom. The molecule has 2 heterocycles. The summed E-state index contributed by atoms with van der Waals surface area (Å²) in [5.41, 5.74) is 1.96. The molecule has 3 aromatic rings. The highest BCUT2D eigenvalue weighted by Gasteiger charge is 2.32. The van der Waals surface area contributed by atoms with Crippen molar-refractivity contribution in [3.05, 3.63) is 75.5 Å². The molecule has 2 aromatic carbocycles. The second kappa shape index (κ2) is 11.3. The van der Waals surface area contributed by atoms with Gasteiger partial charge in [0.25, 0.3) is 5.56 Å². The number of hydrogen-bond acceptors (Lipinski definition) is 5. The van der Waals surface area contributed by atoms with Crippen molar-refractivity contribution < 1.29 is 23.8 Å². The van der Waals surface area contributed by atoms with E-state index >= 15 is 0 Å². The molecule has 0 bridgehead atoms. The van der Waals surface area contributed by atoms with Gasteiger partial charge in [0.05, 0.1) is 11.7 Å². The van der Waals surface area contributed by atoms with Gasteiger partial charge in [-0.3, -0.25) is 9.59 Å². The third-order valence-corrected chi connectivity index (χ3v) is 8.29. The van der Waals surface area contributed by atoms with Crippen LogP contribution in [0.25, 0.3) is 11.1 Å². The van der Waals surface area contributed by atoms with E-state index in [0.717, 1.165) is 38.6 Å². The molecule has 0 radical (unpaired) electrons. The maximum Gasteiger partial charge on any atom is 0.254 e. The highest BCUT2D eigenvalue weighted by Crippen LogP contribution is 2.42. The Labute approximate surface area is 240 Å². The Hall–Kier alpha value is -3.65. The molecule has 41 heavy (non-hydrogen) atoms. The van der Waals surface area contributed by atoms with Gasteiger partial charge in [0, 0.05) is 49.4 Å². The molecule has 1 N–H and O–H groups in total. The second-order valence-corrected chi connectivity index (χ2v) is 12.0. The van der Waals surface area contributed by atoms with Gasteiger partial charge in [-0.25, -0.2) is 4.39 Å². The van der Waals surface area contributed by atoms with E-state index in [1.807, 2.05) is 11.0 Å². The molecule has 1 aliphatic heterocycles. The van der Waals surface area contributed by atoms with Gasteiger partial charge in [0.2, 0.25) is 5.91 Å². The summed E-state index contributed by atoms with van der Waals surface area (Å²) in [4.78, 5) is 27.0. The van der Waals surface area contributed by atoms with E-state index < -0.39 is 5.60 Å². The second-order valence-electron chi connectivity index (χ2n) is 12.0. The lowest BCUT2D eigenvalue weighted by atomic mass is 9.91. The summed E-state index contributed by atoms with van der Waals surface area (Å²) in [6.45, 7) is 7.85. The van der Waals surface area contributed by atoms with Crippen molar-refractivity contribution in [2.24, 2.45) is 7.05 Å². The van der Waals surface area contributed by atoms with Gasteiger partial charge >= 0.3 is 0 Å². The average molecular weight is 563 g/mol. The number of likely N-dealkylation sites (tertiary alicyclic amines) is 1. The summed E-state index contributed by atoms with van der Waals surface area (Å²) in [5.74, 6) is 1.40. The number of carbonyl (C=O) groups excluding carboxylic acids is 1. The SMILES string of the molecule is Cc1cc(F)cc(C)c1Oc1ccc(C(C)(C)O)cc1-c1cn(C)c(=O)cc1O[C@H]1CC[C@H](N2CCCC2=O)CC1. The lowest BCUT2D eigenvalue weighted by Crippen LogP contribution is -2.40. The fourth-order valence-corrected chi connectivity index (χ4v) is 6.00. The summed E-state index contributed by atoms with van der Waals surface area (Å²) in [6, 6.07) is 10.1. The minimum Gasteiger partial charge on any atom is -0.490 e. The van der Waals surface area contributed by atoms with Gasteiger partial charge < -0.3 is 24.0 Å². The molecule has 0 unspecified atom stereocenters. The molecule has 2 aliphatic rings. The largest absolute Gasteiger partial charge is 0.490 e. The number of ether oxygens (including phenoxy) is 2. The number of aliphatic hydroxyl groups is 1. The Bertz CT molecular complexity index is 1490. The van der Waals surface area contributed by atoms with Crippen LogP contribution in [0.3, 0.4) is 0 Å². The number of carbonyl (C=O) groups is 1. The van der Waals surface area contributed by atoms with Crippen molar-refractivity contribution >= 4 is 5.91 Å². The van der Waals surface area contributed by atoms with E-state index in [2.05, 4.69) is 0 Å². The van der Waals surface area contributed by atoms with Crippen LogP contribution in [0.5, 0.6) is 17.2 Å². The number of halogens is 1. The summed E-state index contributed by atoms with van der Waals surface area (Å²) in [7, 11) is 1.68. The first-order valence-corrected chi connectivity index (χ1v) is 14.4. The molecule has 0 spiro atoms. The zero-order valence-electron chi connectivity index (χ0n) is 24.5. The van der Waals surface area contributed by atoms with E-state index in [1.165, 1.54) is 22.8 Å². The molecule has 2 fully saturated rings. The van der Waals surface area contributed by atoms with E-state index in [-0.39, 0.29) is 29.4 Å². The van der Waals surface area contributed by atoms with Crippen molar-refractivity contribution in [3.8, 4) is 28.4 Å². The van der Waals surface area contributed by atoms with Crippen molar-refractivity contribution in [1.82, 2.24) is 9.47 Å². The van der Waals surface area contributed by atoms with E-state index in [4.69, 9.17) is 9.47 Å². The Morgan fingerprint density at radius 3 is 2.24 bits per heavy atom. The number of rotatable bonds is 7. The zero-order valence-corrected chi connectivity index (χ0v) is 24.5. The average Bonchev–Trinajstić information content (AvgIpc) is 3.34. The summed E-state index contributed by atoms with van der Waals surface area (Å²) in [6.07, 6.45) is 6.49. The number of nitrogens with zero attached hydrogens (tertiary/aromatic N) is 2. The Morgan fingerprint density at radius 1 is 0.951 bits per heavy atom. The Kier molecular flexibility index (Phi) is 7.97. The predicted molar refractivity (Wildman–Crippen MR) is 156 cm³/mol. The van der Waals surface area contributed by atoms with Crippen molar-refractivity contribution in [1.29, 1.82) is 0 Å². The highest BCUT2D eigenvalue weighted by atomic mass is 19.1. The molecule has 7 nitrogen and oxygen atoms in total. The predicted octanol–water partition coefficient (Wildman–Crippen LogP) is 6.14. The standard InChI is InChI=1S/C33H39FN2O5/c1-20-15-23(34)16-21(2)32(20)41-28-13-8-22(33(3,4)39)17-26(28)27-19-35(5)31(38)18-29(27)40-25-11-9-24(10-12-25)36-14-6-7-30(36)37/h8,13,15-19,24-25,39H,6-7,9-12,14H2,1-5H3/t24-,25-. The van der Waals surface area contributed by atoms with Crippen molar-refractivity contribution in [2.75, 3.05) is 6.54 Å². The van der Waals surface area contributed by atoms with Gasteiger partial charge in [0.15, 0.2) is 0 Å². The van der Waals surface area contributed by atoms with E-state index in [1.54, 1.807) is 53.1 Å². The van der Waals surface area contributed by atoms with Gasteiger partial charge in [-0.15, -0.1) is 0 Å². The highest BCUT2D eigenvalue weighted by molar-refractivity contribution is 5.78. The number of aromatic nitrogens is 1. The number of pyridine rings is 1. The van der Waals surface area contributed by atoms with Crippen LogP contribution in [0.2, 0.25) is 0 Å². The van der Waals surface area contributed by atoms with Crippen molar-refractivity contribution in [3.63, 3.8) is 0 Å². The molecule has 1 saturated carbocycles. The van der Waals surface area contributed by atoms with Crippen LogP contribution < -0.4 is 15.0 Å². The number of aryl methyl sites for hydroxylation is 3. The summed E-state index contributed by atoms with van der Waals surface area (Å²) >= 11 is 0. The quantitative estimate of drug-likeness (QED) is 0.374. The van der Waals surface area contributed by atoms with Gasteiger partial charge in [-0.2, -0.15) is 0 Å². The summed E-state index contributed by atoms with van der Waals surface area (Å²) in [5, 5.41) is 10.8. The Balaban J connectivity index is 1.51. The van der Waals surface area contributed by atoms with E-state index in [0.29, 0.717) is 51.5 Å². The van der Waals surface area contributed by atoms with Crippen molar-refractivity contribution in [2.45, 2.75) is 84.0 Å². The molecular weight excluding hydrogens is 523 g/mol. The lowest BCUT2D eigenvalue weighted by Gasteiger charge is -2.35. The number of hydrogen-bond donors (Lipinski definition) is 1. The molecule has 1 aliphatic carbocycles. The first-order chi connectivity index (χ1) is 19.4. The smallest absolute Gasteiger partial charge is 0.254 e. The van der Waals surface area contributed by atoms with E-state index in [9.17, 15) is 19.1 Å². The zero-order chi connectivity index (χ0) is 29.5.